The molecule has 0 aliphatic rings. The largest absolute Gasteiger partial charge is 0.354 e. The lowest BCUT2D eigenvalue weighted by molar-refractivity contribution is 0.101. The Morgan fingerprint density at radius 1 is 1.77 bits per heavy atom. The molecule has 2 N–H and O–H groups in total. The minimum atomic E-state index is 0.00399. The molecule has 4 nitrogen and oxygen atoms in total. The van der Waals surface area contributed by atoms with Crippen molar-refractivity contribution in [3.05, 3.63) is 11.9 Å². The molecule has 0 aliphatic carbocycles. The number of aromatic nitrogens is 2. The summed E-state index contributed by atoms with van der Waals surface area (Å²) < 4.78 is 0. The van der Waals surface area contributed by atoms with Crippen LogP contribution in [0.1, 0.15) is 24.3 Å². The molecule has 0 spiro atoms. The summed E-state index contributed by atoms with van der Waals surface area (Å²) in [7, 11) is 0. The second kappa shape index (κ2) is 4.41. The van der Waals surface area contributed by atoms with Gasteiger partial charge in [0.15, 0.2) is 5.78 Å². The van der Waals surface area contributed by atoms with Crippen molar-refractivity contribution in [2.75, 3.05) is 10.6 Å². The summed E-state index contributed by atoms with van der Waals surface area (Å²) in [6, 6.07) is 0.304. The number of alkyl halides is 1. The van der Waals surface area contributed by atoms with E-state index in [2.05, 4.69) is 31.2 Å². The zero-order valence-electron chi connectivity index (χ0n) is 7.60. The summed E-state index contributed by atoms with van der Waals surface area (Å²) in [6.45, 7) is 4.02. The molecule has 1 rings (SSSR count). The molecule has 1 aromatic rings. The van der Waals surface area contributed by atoms with Crippen molar-refractivity contribution in [3.63, 3.8) is 0 Å². The Morgan fingerprint density at radius 3 is 3.00 bits per heavy atom. The summed E-state index contributed by atoms with van der Waals surface area (Å²) >= 11 is 3.09. The molecule has 0 saturated heterocycles. The molecule has 0 aromatic carbocycles. The van der Waals surface area contributed by atoms with Crippen molar-refractivity contribution in [1.29, 1.82) is 0 Å². The molecular weight excluding hydrogens is 234 g/mol. The number of aromatic amines is 1. The van der Waals surface area contributed by atoms with E-state index in [1.807, 2.05) is 13.8 Å². The number of halogens is 1. The highest BCUT2D eigenvalue weighted by atomic mass is 79.9. The number of Topliss-reactive ketones (excluding diaryl/α,β-unsaturated/α-hetero) is 1. The van der Waals surface area contributed by atoms with Gasteiger partial charge in [0.2, 0.25) is 5.95 Å². The molecule has 0 atom stereocenters. The fourth-order valence-electron chi connectivity index (χ4n) is 0.882. The van der Waals surface area contributed by atoms with Crippen LogP contribution < -0.4 is 5.32 Å². The van der Waals surface area contributed by atoms with Crippen LogP contribution in [-0.4, -0.2) is 27.1 Å². The SMILES string of the molecule is CC(C)Nc1ncc(C(=O)CBr)[nH]1. The zero-order valence-corrected chi connectivity index (χ0v) is 9.18. The van der Waals surface area contributed by atoms with Crippen LogP contribution in [0.4, 0.5) is 5.95 Å². The first-order valence-electron chi connectivity index (χ1n) is 4.04. The Morgan fingerprint density at radius 2 is 2.46 bits per heavy atom. The van der Waals surface area contributed by atoms with Gasteiger partial charge in [0.1, 0.15) is 5.69 Å². The maximum atomic E-state index is 11.2. The molecule has 0 amide bonds. The second-order valence-corrected chi connectivity index (χ2v) is 3.56. The van der Waals surface area contributed by atoms with E-state index >= 15 is 0 Å². The fraction of sp³-hybridized carbons (Fsp3) is 0.500. The summed E-state index contributed by atoms with van der Waals surface area (Å²) in [4.78, 5) is 18.1. The van der Waals surface area contributed by atoms with Crippen molar-refractivity contribution < 1.29 is 4.79 Å². The van der Waals surface area contributed by atoms with Gasteiger partial charge in [-0.1, -0.05) is 15.9 Å². The summed E-state index contributed by atoms with van der Waals surface area (Å²) in [5.74, 6) is 0.642. The van der Waals surface area contributed by atoms with E-state index < -0.39 is 0 Å². The Kier molecular flexibility index (Phi) is 3.48. The molecule has 0 aliphatic heterocycles. The number of nitrogens with zero attached hydrogens (tertiary/aromatic N) is 1. The zero-order chi connectivity index (χ0) is 9.84. The number of anilines is 1. The van der Waals surface area contributed by atoms with Gasteiger partial charge in [-0.05, 0) is 13.8 Å². The predicted molar refractivity (Wildman–Crippen MR) is 55.5 cm³/mol. The van der Waals surface area contributed by atoms with Crippen LogP contribution in [0.5, 0.6) is 0 Å². The highest BCUT2D eigenvalue weighted by molar-refractivity contribution is 9.09. The molecule has 0 unspecified atom stereocenters. The van der Waals surface area contributed by atoms with Gasteiger partial charge < -0.3 is 10.3 Å². The summed E-state index contributed by atoms with van der Waals surface area (Å²) in [5, 5.41) is 3.39. The molecule has 0 bridgehead atoms. The Labute approximate surface area is 85.3 Å². The van der Waals surface area contributed by atoms with Crippen molar-refractivity contribution >= 4 is 27.7 Å². The minimum absolute atomic E-state index is 0.00399. The van der Waals surface area contributed by atoms with Crippen LogP contribution in [0.3, 0.4) is 0 Å². The number of nitrogens with one attached hydrogen (secondary N) is 2. The number of H-pyrrole nitrogens is 1. The van der Waals surface area contributed by atoms with E-state index in [0.29, 0.717) is 23.0 Å². The average Bonchev–Trinajstić information content (AvgIpc) is 2.50. The van der Waals surface area contributed by atoms with E-state index in [-0.39, 0.29) is 5.78 Å². The van der Waals surface area contributed by atoms with Crippen molar-refractivity contribution in [2.45, 2.75) is 19.9 Å². The van der Waals surface area contributed by atoms with Crippen LogP contribution in [0, 0.1) is 0 Å². The molecule has 5 heteroatoms. The van der Waals surface area contributed by atoms with Gasteiger partial charge in [-0.25, -0.2) is 4.98 Å². The average molecular weight is 246 g/mol. The molecule has 72 valence electrons. The number of imidazole rings is 1. The first-order valence-corrected chi connectivity index (χ1v) is 5.16. The van der Waals surface area contributed by atoms with Gasteiger partial charge in [0, 0.05) is 6.04 Å². The maximum Gasteiger partial charge on any atom is 0.200 e. The van der Waals surface area contributed by atoms with Crippen LogP contribution in [-0.2, 0) is 0 Å². The van der Waals surface area contributed by atoms with E-state index in [1.54, 1.807) is 0 Å². The lowest BCUT2D eigenvalue weighted by atomic mass is 10.3. The molecular formula is C8H12BrN3O. The lowest BCUT2D eigenvalue weighted by Crippen LogP contribution is -2.11. The standard InChI is InChI=1S/C8H12BrN3O/c1-5(2)11-8-10-4-6(12-8)7(13)3-9/h4-5H,3H2,1-2H3,(H2,10,11,12). The first kappa shape index (κ1) is 10.2. The van der Waals surface area contributed by atoms with Gasteiger partial charge in [-0.15, -0.1) is 0 Å². The minimum Gasteiger partial charge on any atom is -0.354 e. The summed E-state index contributed by atoms with van der Waals surface area (Å²) in [6.07, 6.45) is 1.54. The molecule has 0 saturated carbocycles. The topological polar surface area (TPSA) is 57.8 Å². The van der Waals surface area contributed by atoms with Crippen LogP contribution >= 0.6 is 15.9 Å². The van der Waals surface area contributed by atoms with Crippen molar-refractivity contribution in [1.82, 2.24) is 9.97 Å². The number of hydrogen-bond donors (Lipinski definition) is 2. The number of hydrogen-bond acceptors (Lipinski definition) is 3. The van der Waals surface area contributed by atoms with Gasteiger partial charge in [-0.2, -0.15) is 0 Å². The van der Waals surface area contributed by atoms with Crippen molar-refractivity contribution in [3.8, 4) is 0 Å². The van der Waals surface area contributed by atoms with Gasteiger partial charge >= 0.3 is 0 Å². The third-order valence-corrected chi connectivity index (χ3v) is 1.93. The molecule has 13 heavy (non-hydrogen) atoms. The van der Waals surface area contributed by atoms with Crippen LogP contribution in [0.25, 0.3) is 0 Å². The van der Waals surface area contributed by atoms with E-state index in [9.17, 15) is 4.79 Å². The molecule has 0 radical (unpaired) electrons. The lowest BCUT2D eigenvalue weighted by Gasteiger charge is -2.04. The second-order valence-electron chi connectivity index (χ2n) is 3.00. The van der Waals surface area contributed by atoms with Crippen LogP contribution in [0.2, 0.25) is 0 Å². The van der Waals surface area contributed by atoms with Gasteiger partial charge in [0.25, 0.3) is 0 Å². The highest BCUT2D eigenvalue weighted by Gasteiger charge is 2.07. The Balaban J connectivity index is 2.69. The first-order chi connectivity index (χ1) is 6.13. The molecule has 1 aromatic heterocycles. The quantitative estimate of drug-likeness (QED) is 0.629. The fourth-order valence-corrected chi connectivity index (χ4v) is 1.18. The van der Waals surface area contributed by atoms with Gasteiger partial charge in [-0.3, -0.25) is 4.79 Å². The normalized spacial score (nSPS) is 10.5. The van der Waals surface area contributed by atoms with E-state index in [4.69, 9.17) is 0 Å². The summed E-state index contributed by atoms with van der Waals surface area (Å²) in [5.41, 5.74) is 0.528. The third kappa shape index (κ3) is 2.84. The number of carbonyl (C=O) groups excluding carboxylic acids is 1. The highest BCUT2D eigenvalue weighted by Crippen LogP contribution is 2.05. The number of ketones is 1. The van der Waals surface area contributed by atoms with Crippen LogP contribution in [0.15, 0.2) is 6.20 Å². The predicted octanol–water partition coefficient (Wildman–Crippen LogP) is 1.81. The maximum absolute atomic E-state index is 11.2. The smallest absolute Gasteiger partial charge is 0.200 e. The van der Waals surface area contributed by atoms with Crippen molar-refractivity contribution in [2.24, 2.45) is 0 Å². The Bertz CT molecular complexity index is 295. The van der Waals surface area contributed by atoms with E-state index in [0.717, 1.165) is 0 Å². The monoisotopic (exact) mass is 245 g/mol. The number of rotatable bonds is 4. The van der Waals surface area contributed by atoms with E-state index in [1.165, 1.54) is 6.20 Å². The molecule has 0 fully saturated rings. The third-order valence-electron chi connectivity index (χ3n) is 1.42. The number of carbonyl (C=O) groups is 1. The Hall–Kier alpha value is -0.840. The molecule has 1 heterocycles. The van der Waals surface area contributed by atoms with Gasteiger partial charge in [0.05, 0.1) is 11.5 Å².